The Morgan fingerprint density at radius 1 is 1.09 bits per heavy atom. The summed E-state index contributed by atoms with van der Waals surface area (Å²) in [6.45, 7) is 8.11. The largest absolute Gasteiger partial charge is 0.496 e. The lowest BCUT2D eigenvalue weighted by molar-refractivity contribution is 0.0391. The van der Waals surface area contributed by atoms with Crippen molar-refractivity contribution in [3.63, 3.8) is 0 Å². The molecule has 6 nitrogen and oxygen atoms in total. The summed E-state index contributed by atoms with van der Waals surface area (Å²) in [5, 5.41) is 11.7. The van der Waals surface area contributed by atoms with Crippen molar-refractivity contribution in [2.75, 3.05) is 32.6 Å². The second-order valence-electron chi connectivity index (χ2n) is 10.4. The summed E-state index contributed by atoms with van der Waals surface area (Å²) < 4.78 is 5.74. The molecule has 1 aromatic carbocycles. The summed E-state index contributed by atoms with van der Waals surface area (Å²) in [6.07, 6.45) is 5.47. The molecule has 1 aliphatic heterocycles. The molecule has 1 saturated heterocycles. The van der Waals surface area contributed by atoms with Crippen LogP contribution in [-0.2, 0) is 0 Å². The fourth-order valence-corrected chi connectivity index (χ4v) is 5.31. The Morgan fingerprint density at radius 3 is 2.55 bits per heavy atom. The Morgan fingerprint density at radius 2 is 1.88 bits per heavy atom. The minimum absolute atomic E-state index is 0.149. The number of aromatic nitrogens is 3. The molecule has 0 spiro atoms. The Balaban J connectivity index is 1.46. The van der Waals surface area contributed by atoms with Crippen molar-refractivity contribution in [1.82, 2.24) is 20.1 Å². The predicted molar refractivity (Wildman–Crippen MR) is 134 cm³/mol. The lowest BCUT2D eigenvalue weighted by atomic mass is 9.77. The number of hydrogen-bond acceptors (Lipinski definition) is 6. The van der Waals surface area contributed by atoms with E-state index in [9.17, 15) is 0 Å². The zero-order chi connectivity index (χ0) is 23.3. The molecule has 0 N–H and O–H groups in total. The molecule has 2 aromatic heterocycles. The number of rotatable bonds is 5. The molecule has 174 valence electrons. The normalized spacial score (nSPS) is 23.0. The van der Waals surface area contributed by atoms with Gasteiger partial charge in [0.05, 0.1) is 18.5 Å². The van der Waals surface area contributed by atoms with Crippen molar-refractivity contribution in [3.8, 4) is 17.0 Å². The average molecular weight is 446 g/mol. The van der Waals surface area contributed by atoms with Crippen molar-refractivity contribution in [2.24, 2.45) is 5.92 Å². The second-order valence-corrected chi connectivity index (χ2v) is 10.4. The predicted octanol–water partition coefficient (Wildman–Crippen LogP) is 5.13. The third-order valence-corrected chi connectivity index (χ3v) is 8.30. The van der Waals surface area contributed by atoms with Gasteiger partial charge in [-0.25, -0.2) is 0 Å². The Hall–Kier alpha value is -2.73. The molecule has 2 aliphatic rings. The first-order valence-electron chi connectivity index (χ1n) is 12.1. The van der Waals surface area contributed by atoms with Crippen LogP contribution in [0.1, 0.15) is 51.6 Å². The van der Waals surface area contributed by atoms with Crippen molar-refractivity contribution < 1.29 is 4.74 Å². The molecule has 1 saturated carbocycles. The van der Waals surface area contributed by atoms with Crippen LogP contribution >= 0.6 is 0 Å². The molecular formula is C27H35N5O. The van der Waals surface area contributed by atoms with Crippen molar-refractivity contribution in [3.05, 3.63) is 42.2 Å². The highest BCUT2D eigenvalue weighted by atomic mass is 16.5. The summed E-state index contributed by atoms with van der Waals surface area (Å²) in [7, 11) is 6.09. The van der Waals surface area contributed by atoms with E-state index >= 15 is 0 Å². The summed E-state index contributed by atoms with van der Waals surface area (Å²) in [4.78, 5) is 9.46. The zero-order valence-corrected chi connectivity index (χ0v) is 20.7. The van der Waals surface area contributed by atoms with Crippen LogP contribution in [0, 0.1) is 5.92 Å². The monoisotopic (exact) mass is 445 g/mol. The van der Waals surface area contributed by atoms with Crippen LogP contribution in [0.15, 0.2) is 36.5 Å². The van der Waals surface area contributed by atoms with Crippen LogP contribution in [0.2, 0.25) is 0 Å². The van der Waals surface area contributed by atoms with Crippen molar-refractivity contribution in [1.29, 1.82) is 0 Å². The number of benzene rings is 1. The molecule has 3 aromatic rings. The number of methoxy groups -OCH3 is 1. The van der Waals surface area contributed by atoms with Crippen molar-refractivity contribution in [2.45, 2.75) is 57.5 Å². The van der Waals surface area contributed by atoms with Crippen LogP contribution in [-0.4, -0.2) is 59.4 Å². The van der Waals surface area contributed by atoms with Gasteiger partial charge in [-0.3, -0.25) is 4.98 Å². The second kappa shape index (κ2) is 8.24. The third-order valence-electron chi connectivity index (χ3n) is 8.30. The molecular weight excluding hydrogens is 410 g/mol. The van der Waals surface area contributed by atoms with Gasteiger partial charge in [0.25, 0.3) is 0 Å². The number of ether oxygens (including phenoxy) is 1. The number of anilines is 1. The Kier molecular flexibility index (Phi) is 5.52. The molecule has 0 bridgehead atoms. The average Bonchev–Trinajstić information content (AvgIpc) is 3.67. The first kappa shape index (κ1) is 22.1. The molecule has 1 aliphatic carbocycles. The minimum Gasteiger partial charge on any atom is -0.496 e. The number of nitrogens with zero attached hydrogens (tertiary/aromatic N) is 5. The topological polar surface area (TPSA) is 54.4 Å². The summed E-state index contributed by atoms with van der Waals surface area (Å²) in [5.74, 6) is 2.82. The van der Waals surface area contributed by atoms with E-state index in [4.69, 9.17) is 4.74 Å². The van der Waals surface area contributed by atoms with Crippen LogP contribution in [0.4, 0.5) is 5.82 Å². The fourth-order valence-electron chi connectivity index (χ4n) is 5.31. The standard InChI is InChI=1S/C27H35N5O/c1-17-23(12-14-31(4)27(17,2)3)32(5)25-10-9-22(29-30-25)21-16-20-19(15-24(21)33-6)11-13-28-26(20)18-7-8-18/h9-11,13,15-18,23H,7-8,12,14H2,1-6H3. The highest BCUT2D eigenvalue weighted by Gasteiger charge is 2.41. The highest BCUT2D eigenvalue weighted by Crippen LogP contribution is 2.44. The van der Waals surface area contributed by atoms with E-state index < -0.39 is 0 Å². The van der Waals surface area contributed by atoms with Gasteiger partial charge in [-0.1, -0.05) is 6.92 Å². The Bertz CT molecular complexity index is 1160. The van der Waals surface area contributed by atoms with Gasteiger partial charge in [0, 0.05) is 48.2 Å². The molecule has 2 atom stereocenters. The van der Waals surface area contributed by atoms with Gasteiger partial charge in [0.15, 0.2) is 5.82 Å². The van der Waals surface area contributed by atoms with Gasteiger partial charge in [-0.2, -0.15) is 0 Å². The van der Waals surface area contributed by atoms with Crippen molar-refractivity contribution >= 4 is 16.6 Å². The van der Waals surface area contributed by atoms with E-state index in [0.717, 1.165) is 41.2 Å². The van der Waals surface area contributed by atoms with Gasteiger partial charge in [0.1, 0.15) is 5.75 Å². The number of hydrogen-bond donors (Lipinski definition) is 0. The molecule has 2 unspecified atom stereocenters. The zero-order valence-electron chi connectivity index (χ0n) is 20.7. The molecule has 3 heterocycles. The smallest absolute Gasteiger partial charge is 0.151 e. The molecule has 5 rings (SSSR count). The van der Waals surface area contributed by atoms with Gasteiger partial charge < -0.3 is 14.5 Å². The van der Waals surface area contributed by atoms with Gasteiger partial charge in [0.2, 0.25) is 0 Å². The van der Waals surface area contributed by atoms with Crippen LogP contribution in [0.5, 0.6) is 5.75 Å². The minimum atomic E-state index is 0.149. The highest BCUT2D eigenvalue weighted by molar-refractivity contribution is 5.92. The van der Waals surface area contributed by atoms with Gasteiger partial charge >= 0.3 is 0 Å². The molecule has 0 amide bonds. The van der Waals surface area contributed by atoms with E-state index in [1.165, 1.54) is 23.9 Å². The van der Waals surface area contributed by atoms with Gasteiger partial charge in [-0.15, -0.1) is 10.2 Å². The maximum absolute atomic E-state index is 5.74. The van der Waals surface area contributed by atoms with E-state index in [-0.39, 0.29) is 5.54 Å². The maximum atomic E-state index is 5.74. The number of piperidine rings is 1. The first-order chi connectivity index (χ1) is 15.8. The van der Waals surface area contributed by atoms with Crippen LogP contribution in [0.25, 0.3) is 22.0 Å². The number of pyridine rings is 1. The van der Waals surface area contributed by atoms with E-state index in [0.29, 0.717) is 17.9 Å². The fraction of sp³-hybridized carbons (Fsp3) is 0.519. The van der Waals surface area contributed by atoms with E-state index in [2.05, 4.69) is 90.2 Å². The SMILES string of the molecule is COc1cc2ccnc(C3CC3)c2cc1-c1ccc(N(C)C2CCN(C)C(C)(C)C2C)nn1. The summed E-state index contributed by atoms with van der Waals surface area (Å²) in [6, 6.07) is 10.9. The summed E-state index contributed by atoms with van der Waals surface area (Å²) >= 11 is 0. The van der Waals surface area contributed by atoms with Crippen LogP contribution in [0.3, 0.4) is 0 Å². The van der Waals surface area contributed by atoms with Crippen LogP contribution < -0.4 is 9.64 Å². The summed E-state index contributed by atoms with van der Waals surface area (Å²) in [5.41, 5.74) is 3.14. The number of fused-ring (bicyclic) bond motifs is 1. The lowest BCUT2D eigenvalue weighted by Crippen LogP contribution is -2.59. The van der Waals surface area contributed by atoms with E-state index in [1.807, 2.05) is 6.20 Å². The quantitative estimate of drug-likeness (QED) is 0.542. The van der Waals surface area contributed by atoms with E-state index in [1.54, 1.807) is 7.11 Å². The third kappa shape index (κ3) is 3.84. The molecule has 6 heteroatoms. The molecule has 0 radical (unpaired) electrons. The Labute approximate surface area is 197 Å². The molecule has 2 fully saturated rings. The van der Waals surface area contributed by atoms with Gasteiger partial charge in [-0.05, 0) is 81.8 Å². The maximum Gasteiger partial charge on any atom is 0.151 e. The lowest BCUT2D eigenvalue weighted by Gasteiger charge is -2.51. The molecule has 33 heavy (non-hydrogen) atoms. The first-order valence-corrected chi connectivity index (χ1v) is 12.1. The number of likely N-dealkylation sites (tertiary alicyclic amines) is 1.